The van der Waals surface area contributed by atoms with Crippen molar-refractivity contribution < 1.29 is 27.1 Å². The molecule has 1 amide bonds. The van der Waals surface area contributed by atoms with E-state index in [1.165, 1.54) is 12.1 Å². The van der Waals surface area contributed by atoms with Crippen molar-refractivity contribution in [3.8, 4) is 0 Å². The summed E-state index contributed by atoms with van der Waals surface area (Å²) in [6, 6.07) is 4.28. The SMILES string of the molecule is Cc1nnc(N[C@H](C)c2cccc(C(F)(F)F)c2F)c2cc(N3CCN(C(=O)C4COC4)CC3)cnc12. The third kappa shape index (κ3) is 4.89. The first-order chi connectivity index (χ1) is 17.6. The number of aryl methyl sites for hydroxylation is 1. The third-order valence-electron chi connectivity index (χ3n) is 6.87. The summed E-state index contributed by atoms with van der Waals surface area (Å²) in [7, 11) is 0. The first-order valence-corrected chi connectivity index (χ1v) is 12.0. The quantitative estimate of drug-likeness (QED) is 0.512. The summed E-state index contributed by atoms with van der Waals surface area (Å²) < 4.78 is 59.4. The molecule has 1 N–H and O–H groups in total. The molecular formula is C25H26F4N6O2. The molecule has 8 nitrogen and oxygen atoms in total. The van der Waals surface area contributed by atoms with Crippen LogP contribution in [0.5, 0.6) is 0 Å². The number of benzene rings is 1. The first kappa shape index (κ1) is 25.1. The number of amides is 1. The van der Waals surface area contributed by atoms with Gasteiger partial charge >= 0.3 is 6.18 Å². The van der Waals surface area contributed by atoms with Crippen LogP contribution in [0.3, 0.4) is 0 Å². The van der Waals surface area contributed by atoms with Gasteiger partial charge < -0.3 is 19.9 Å². The summed E-state index contributed by atoms with van der Waals surface area (Å²) in [5.41, 5.74) is 0.539. The number of carbonyl (C=O) groups is 1. The Morgan fingerprint density at radius 1 is 1.16 bits per heavy atom. The van der Waals surface area contributed by atoms with E-state index in [1.807, 2.05) is 11.0 Å². The minimum Gasteiger partial charge on any atom is -0.380 e. The van der Waals surface area contributed by atoms with Crippen LogP contribution in [0.4, 0.5) is 29.1 Å². The molecule has 0 bridgehead atoms. The summed E-state index contributed by atoms with van der Waals surface area (Å²) in [4.78, 5) is 21.0. The average Bonchev–Trinajstić information content (AvgIpc) is 2.84. The van der Waals surface area contributed by atoms with E-state index in [0.29, 0.717) is 56.0 Å². The molecule has 2 aliphatic rings. The second kappa shape index (κ2) is 9.73. The van der Waals surface area contributed by atoms with Crippen LogP contribution in [0.15, 0.2) is 30.5 Å². The van der Waals surface area contributed by atoms with Crippen LogP contribution < -0.4 is 10.2 Å². The highest BCUT2D eigenvalue weighted by Crippen LogP contribution is 2.35. The molecule has 0 saturated carbocycles. The predicted molar refractivity (Wildman–Crippen MR) is 129 cm³/mol. The number of alkyl halides is 3. The Morgan fingerprint density at radius 2 is 1.89 bits per heavy atom. The minimum absolute atomic E-state index is 0.0484. The standard InChI is InChI=1S/C25H26F4N6O2/c1-14(18-4-3-5-20(21(18)26)25(27,28)29)31-23-19-10-17(11-30-22(19)15(2)32-33-23)34-6-8-35(9-7-34)24(36)16-12-37-13-16/h3-5,10-11,14,16H,6-9,12-13H2,1-2H3,(H,31,33)/t14-/m1/s1. The molecule has 2 fully saturated rings. The Kier molecular flexibility index (Phi) is 6.61. The maximum absolute atomic E-state index is 14.7. The molecule has 3 aromatic rings. The molecule has 2 aliphatic heterocycles. The Bertz CT molecular complexity index is 1320. The van der Waals surface area contributed by atoms with Gasteiger partial charge in [-0.2, -0.15) is 18.3 Å². The average molecular weight is 519 g/mol. The van der Waals surface area contributed by atoms with Gasteiger partial charge in [0, 0.05) is 37.1 Å². The van der Waals surface area contributed by atoms with E-state index in [1.54, 1.807) is 20.0 Å². The van der Waals surface area contributed by atoms with Crippen LogP contribution in [0.25, 0.3) is 10.9 Å². The van der Waals surface area contributed by atoms with E-state index in [9.17, 15) is 22.4 Å². The molecule has 0 radical (unpaired) electrons. The first-order valence-electron chi connectivity index (χ1n) is 12.0. The molecule has 2 aromatic heterocycles. The summed E-state index contributed by atoms with van der Waals surface area (Å²) in [6.45, 7) is 6.69. The predicted octanol–water partition coefficient (Wildman–Crippen LogP) is 3.96. The lowest BCUT2D eigenvalue weighted by Crippen LogP contribution is -2.53. The zero-order chi connectivity index (χ0) is 26.3. The maximum Gasteiger partial charge on any atom is 0.419 e. The normalized spacial score (nSPS) is 17.6. The van der Waals surface area contributed by atoms with E-state index in [-0.39, 0.29) is 23.2 Å². The van der Waals surface area contributed by atoms with E-state index in [4.69, 9.17) is 4.74 Å². The number of pyridine rings is 1. The number of hydrogen-bond donors (Lipinski definition) is 1. The molecule has 1 atom stereocenters. The lowest BCUT2D eigenvalue weighted by Gasteiger charge is -2.39. The van der Waals surface area contributed by atoms with Crippen molar-refractivity contribution >= 4 is 28.3 Å². The largest absolute Gasteiger partial charge is 0.419 e. The topological polar surface area (TPSA) is 83.5 Å². The van der Waals surface area contributed by atoms with Gasteiger partial charge in [-0.15, -0.1) is 5.10 Å². The number of fused-ring (bicyclic) bond motifs is 1. The van der Waals surface area contributed by atoms with Gasteiger partial charge in [-0.25, -0.2) is 4.39 Å². The summed E-state index contributed by atoms with van der Waals surface area (Å²) in [5, 5.41) is 12.0. The van der Waals surface area contributed by atoms with Crippen LogP contribution in [0.2, 0.25) is 0 Å². The van der Waals surface area contributed by atoms with Crippen molar-refractivity contribution in [1.82, 2.24) is 20.1 Å². The van der Waals surface area contributed by atoms with E-state index in [0.717, 1.165) is 11.8 Å². The number of hydrogen-bond acceptors (Lipinski definition) is 7. The Morgan fingerprint density at radius 3 is 2.54 bits per heavy atom. The third-order valence-corrected chi connectivity index (χ3v) is 6.87. The number of rotatable bonds is 5. The van der Waals surface area contributed by atoms with E-state index in [2.05, 4.69) is 25.4 Å². The molecule has 5 rings (SSSR count). The second-order valence-electron chi connectivity index (χ2n) is 9.34. The molecule has 37 heavy (non-hydrogen) atoms. The number of piperazine rings is 1. The molecule has 0 aliphatic carbocycles. The fourth-order valence-corrected chi connectivity index (χ4v) is 4.64. The molecule has 2 saturated heterocycles. The van der Waals surface area contributed by atoms with Gasteiger partial charge in [-0.3, -0.25) is 9.78 Å². The lowest BCUT2D eigenvalue weighted by molar-refractivity contribution is -0.150. The molecule has 4 heterocycles. The summed E-state index contributed by atoms with van der Waals surface area (Å²) in [6.07, 6.45) is -3.07. The second-order valence-corrected chi connectivity index (χ2v) is 9.34. The Labute approximate surface area is 210 Å². The van der Waals surface area contributed by atoms with Crippen molar-refractivity contribution in [3.05, 3.63) is 53.1 Å². The van der Waals surface area contributed by atoms with Crippen molar-refractivity contribution in [2.24, 2.45) is 5.92 Å². The monoisotopic (exact) mass is 518 g/mol. The van der Waals surface area contributed by atoms with Crippen molar-refractivity contribution in [3.63, 3.8) is 0 Å². The Balaban J connectivity index is 1.38. The van der Waals surface area contributed by atoms with Crippen LogP contribution in [-0.2, 0) is 15.7 Å². The van der Waals surface area contributed by atoms with E-state index < -0.39 is 23.6 Å². The maximum atomic E-state index is 14.7. The number of carbonyl (C=O) groups excluding carboxylic acids is 1. The number of nitrogens with zero attached hydrogens (tertiary/aromatic N) is 5. The molecule has 196 valence electrons. The lowest BCUT2D eigenvalue weighted by atomic mass is 10.0. The van der Waals surface area contributed by atoms with Crippen molar-refractivity contribution in [2.75, 3.05) is 49.6 Å². The summed E-state index contributed by atoms with van der Waals surface area (Å²) in [5.74, 6) is -0.958. The van der Waals surface area contributed by atoms with Gasteiger partial charge in [-0.1, -0.05) is 12.1 Å². The molecular weight excluding hydrogens is 492 g/mol. The highest BCUT2D eigenvalue weighted by Gasteiger charge is 2.35. The minimum atomic E-state index is -4.80. The van der Waals surface area contributed by atoms with Gasteiger partial charge in [0.05, 0.1) is 53.8 Å². The van der Waals surface area contributed by atoms with Gasteiger partial charge in [0.1, 0.15) is 5.82 Å². The van der Waals surface area contributed by atoms with Crippen molar-refractivity contribution in [1.29, 1.82) is 0 Å². The fraction of sp³-hybridized carbons (Fsp3) is 0.440. The zero-order valence-corrected chi connectivity index (χ0v) is 20.3. The van der Waals surface area contributed by atoms with Gasteiger partial charge in [0.25, 0.3) is 0 Å². The zero-order valence-electron chi connectivity index (χ0n) is 20.3. The summed E-state index contributed by atoms with van der Waals surface area (Å²) >= 11 is 0. The number of aromatic nitrogens is 3. The molecule has 12 heteroatoms. The highest BCUT2D eigenvalue weighted by molar-refractivity contribution is 5.92. The number of ether oxygens (including phenoxy) is 1. The molecule has 1 aromatic carbocycles. The van der Waals surface area contributed by atoms with Crippen LogP contribution in [0.1, 0.15) is 29.8 Å². The Hall–Kier alpha value is -3.54. The smallest absolute Gasteiger partial charge is 0.380 e. The van der Waals surface area contributed by atoms with Gasteiger partial charge in [0.15, 0.2) is 5.82 Å². The molecule has 0 unspecified atom stereocenters. The molecule has 0 spiro atoms. The van der Waals surface area contributed by atoms with Gasteiger partial charge in [-0.05, 0) is 26.0 Å². The van der Waals surface area contributed by atoms with Gasteiger partial charge in [0.2, 0.25) is 5.91 Å². The van der Waals surface area contributed by atoms with Crippen LogP contribution >= 0.6 is 0 Å². The number of anilines is 2. The fourth-order valence-electron chi connectivity index (χ4n) is 4.64. The highest BCUT2D eigenvalue weighted by atomic mass is 19.4. The van der Waals surface area contributed by atoms with E-state index >= 15 is 0 Å². The van der Waals surface area contributed by atoms with Crippen LogP contribution in [0, 0.1) is 18.7 Å². The van der Waals surface area contributed by atoms with Crippen LogP contribution in [-0.4, -0.2) is 65.4 Å². The van der Waals surface area contributed by atoms with Crippen molar-refractivity contribution in [2.45, 2.75) is 26.1 Å². The number of nitrogens with one attached hydrogen (secondary N) is 1. The number of halogens is 4.